The molecular formula is C31H30KN4O4. The average Bonchev–Trinajstić information content (AvgIpc) is 3.41. The summed E-state index contributed by atoms with van der Waals surface area (Å²) < 4.78 is 11.9. The Morgan fingerprint density at radius 2 is 1.60 bits per heavy atom. The standard InChI is InChI=1S/C31H30N4O4.K/c1-3-4-14-27-26(29(36)35(30(32-27)38-2)20-22-10-6-5-7-11-22)19-21-15-17-23(18-16-21)24-12-8-9-13-25(24)28-33-31(37)39-34-28;/h5-13,15-18H,3-4,14,19-20H2,1-2H3,(H,33,34,37);. The normalized spacial score (nSPS) is 10.8. The van der Waals surface area contributed by atoms with E-state index in [-0.39, 0.29) is 56.9 Å². The van der Waals surface area contributed by atoms with Crippen LogP contribution < -0.4 is 16.1 Å². The third-order valence-electron chi connectivity index (χ3n) is 6.71. The van der Waals surface area contributed by atoms with E-state index in [0.29, 0.717) is 36.8 Å². The van der Waals surface area contributed by atoms with Crippen molar-refractivity contribution in [2.45, 2.75) is 39.2 Å². The Balaban J connectivity index is 0.00000370. The van der Waals surface area contributed by atoms with Gasteiger partial charge < -0.3 is 4.74 Å². The second-order valence-corrected chi connectivity index (χ2v) is 9.37. The summed E-state index contributed by atoms with van der Waals surface area (Å²) in [7, 11) is 1.55. The second kappa shape index (κ2) is 14.0. The molecular weight excluding hydrogens is 531 g/mol. The molecule has 0 aliphatic carbocycles. The van der Waals surface area contributed by atoms with Gasteiger partial charge in [-0.15, -0.1) is 0 Å². The van der Waals surface area contributed by atoms with Gasteiger partial charge in [0, 0.05) is 68.9 Å². The number of ether oxygens (including phenoxy) is 1. The number of hydrogen-bond acceptors (Lipinski definition) is 6. The van der Waals surface area contributed by atoms with Crippen molar-refractivity contribution in [3.05, 3.63) is 122 Å². The molecule has 0 bridgehead atoms. The minimum atomic E-state index is -0.597. The summed E-state index contributed by atoms with van der Waals surface area (Å²) in [4.78, 5) is 32.7. The van der Waals surface area contributed by atoms with E-state index in [2.05, 4.69) is 17.1 Å². The van der Waals surface area contributed by atoms with Crippen LogP contribution in [-0.2, 0) is 19.4 Å². The Bertz CT molecular complexity index is 1670. The molecule has 0 saturated heterocycles. The summed E-state index contributed by atoms with van der Waals surface area (Å²) in [5.74, 6) is -0.219. The van der Waals surface area contributed by atoms with E-state index < -0.39 is 5.76 Å². The van der Waals surface area contributed by atoms with Gasteiger partial charge in [-0.05, 0) is 35.1 Å². The van der Waals surface area contributed by atoms with Crippen LogP contribution in [0.15, 0.2) is 93.0 Å². The fourth-order valence-corrected chi connectivity index (χ4v) is 4.70. The van der Waals surface area contributed by atoms with Crippen molar-refractivity contribution < 1.29 is 9.26 Å². The van der Waals surface area contributed by atoms with Crippen molar-refractivity contribution in [2.24, 2.45) is 0 Å². The largest absolute Gasteiger partial charge is 0.468 e. The fourth-order valence-electron chi connectivity index (χ4n) is 4.70. The van der Waals surface area contributed by atoms with Crippen molar-refractivity contribution >= 4 is 51.4 Å². The van der Waals surface area contributed by atoms with E-state index in [4.69, 9.17) is 14.2 Å². The van der Waals surface area contributed by atoms with Crippen molar-refractivity contribution in [1.82, 2.24) is 19.7 Å². The fraction of sp³-hybridized carbons (Fsp3) is 0.226. The predicted octanol–water partition coefficient (Wildman–Crippen LogP) is 4.86. The van der Waals surface area contributed by atoms with E-state index in [1.165, 1.54) is 0 Å². The van der Waals surface area contributed by atoms with Gasteiger partial charge in [-0.25, -0.2) is 9.78 Å². The number of H-pyrrole nitrogens is 1. The number of aromatic nitrogens is 4. The number of nitrogens with zero attached hydrogens (tertiary/aromatic N) is 3. The number of aryl methyl sites for hydroxylation is 1. The van der Waals surface area contributed by atoms with Crippen LogP contribution in [0.25, 0.3) is 22.5 Å². The van der Waals surface area contributed by atoms with Gasteiger partial charge in [-0.3, -0.25) is 18.9 Å². The van der Waals surface area contributed by atoms with Crippen LogP contribution in [0.2, 0.25) is 0 Å². The van der Waals surface area contributed by atoms with Crippen LogP contribution in [0.1, 0.15) is 42.1 Å². The van der Waals surface area contributed by atoms with Crippen LogP contribution in [0.3, 0.4) is 0 Å². The maximum atomic E-state index is 13.8. The minimum absolute atomic E-state index is 0. The summed E-state index contributed by atoms with van der Waals surface area (Å²) in [6, 6.07) is 25.9. The van der Waals surface area contributed by atoms with Crippen molar-refractivity contribution in [2.75, 3.05) is 7.11 Å². The van der Waals surface area contributed by atoms with E-state index in [1.54, 1.807) is 11.7 Å². The molecule has 1 radical (unpaired) electrons. The van der Waals surface area contributed by atoms with Crippen LogP contribution in [0, 0.1) is 0 Å². The number of benzene rings is 3. The maximum absolute atomic E-state index is 13.8. The summed E-state index contributed by atoms with van der Waals surface area (Å²) in [6.07, 6.45) is 3.11. The first kappa shape index (κ1) is 29.9. The zero-order chi connectivity index (χ0) is 27.2. The molecule has 9 heteroatoms. The molecule has 8 nitrogen and oxygen atoms in total. The quantitative estimate of drug-likeness (QED) is 0.244. The smallest absolute Gasteiger partial charge is 0.439 e. The molecule has 0 saturated carbocycles. The van der Waals surface area contributed by atoms with Crippen LogP contribution in [0.4, 0.5) is 0 Å². The van der Waals surface area contributed by atoms with Gasteiger partial charge in [0.2, 0.25) is 0 Å². The first-order valence-corrected chi connectivity index (χ1v) is 13.0. The molecule has 2 heterocycles. The summed E-state index contributed by atoms with van der Waals surface area (Å²) in [6.45, 7) is 2.51. The molecule has 3 aromatic carbocycles. The van der Waals surface area contributed by atoms with Crippen molar-refractivity contribution in [1.29, 1.82) is 0 Å². The van der Waals surface area contributed by atoms with Crippen LogP contribution in [0.5, 0.6) is 6.01 Å². The molecule has 2 aromatic heterocycles. The Kier molecular flexibility index (Phi) is 10.5. The molecule has 199 valence electrons. The molecule has 0 spiro atoms. The Hall–Kier alpha value is -3.08. The Morgan fingerprint density at radius 3 is 2.25 bits per heavy atom. The predicted molar refractivity (Wildman–Crippen MR) is 156 cm³/mol. The van der Waals surface area contributed by atoms with E-state index in [1.807, 2.05) is 78.9 Å². The van der Waals surface area contributed by atoms with Gasteiger partial charge in [-0.2, -0.15) is 0 Å². The SMILES string of the molecule is CCCCc1nc(OC)n(Cc2ccccc2)c(=O)c1Cc1ccc(-c2ccccc2-c2noc(=O)[nH]2)cc1.[K]. The molecule has 0 aliphatic heterocycles. The van der Waals surface area contributed by atoms with Crippen LogP contribution in [-0.4, -0.2) is 78.2 Å². The van der Waals surface area contributed by atoms with Gasteiger partial charge in [-0.1, -0.05) is 97.4 Å². The second-order valence-electron chi connectivity index (χ2n) is 9.37. The zero-order valence-electron chi connectivity index (χ0n) is 23.0. The third-order valence-corrected chi connectivity index (χ3v) is 6.71. The molecule has 5 rings (SSSR count). The van der Waals surface area contributed by atoms with E-state index in [0.717, 1.165) is 46.4 Å². The summed E-state index contributed by atoms with van der Waals surface area (Å²) in [5.41, 5.74) is 6.03. The molecule has 0 amide bonds. The first-order chi connectivity index (χ1) is 19.1. The van der Waals surface area contributed by atoms with E-state index >= 15 is 0 Å². The van der Waals surface area contributed by atoms with Crippen molar-refractivity contribution in [3.8, 4) is 28.5 Å². The number of aromatic amines is 1. The Labute approximate surface area is 274 Å². The summed E-state index contributed by atoms with van der Waals surface area (Å²) in [5, 5.41) is 3.84. The monoisotopic (exact) mass is 561 g/mol. The van der Waals surface area contributed by atoms with E-state index in [9.17, 15) is 9.59 Å². The molecule has 1 N–H and O–H groups in total. The summed E-state index contributed by atoms with van der Waals surface area (Å²) >= 11 is 0. The number of unbranched alkanes of at least 4 members (excludes halogenated alkanes) is 1. The van der Waals surface area contributed by atoms with Crippen molar-refractivity contribution in [3.63, 3.8) is 0 Å². The number of rotatable bonds is 10. The zero-order valence-corrected chi connectivity index (χ0v) is 26.1. The third kappa shape index (κ3) is 6.79. The Morgan fingerprint density at radius 1 is 0.900 bits per heavy atom. The molecule has 5 aromatic rings. The molecule has 0 unspecified atom stereocenters. The van der Waals surface area contributed by atoms with Gasteiger partial charge in [0.1, 0.15) is 0 Å². The topological polar surface area (TPSA) is 103 Å². The molecule has 40 heavy (non-hydrogen) atoms. The number of methoxy groups -OCH3 is 1. The van der Waals surface area contributed by atoms with Gasteiger partial charge in [0.15, 0.2) is 5.82 Å². The molecule has 0 aliphatic rings. The number of hydrogen-bond donors (Lipinski definition) is 1. The van der Waals surface area contributed by atoms with Gasteiger partial charge in [0.05, 0.1) is 19.3 Å². The molecule has 0 fully saturated rings. The van der Waals surface area contributed by atoms with Crippen LogP contribution >= 0.6 is 0 Å². The van der Waals surface area contributed by atoms with Gasteiger partial charge >= 0.3 is 5.76 Å². The molecule has 0 atom stereocenters. The maximum Gasteiger partial charge on any atom is 0.439 e. The van der Waals surface area contributed by atoms with Gasteiger partial charge in [0.25, 0.3) is 11.6 Å². The minimum Gasteiger partial charge on any atom is -0.468 e. The average molecular weight is 562 g/mol. The number of nitrogens with one attached hydrogen (secondary N) is 1. The first-order valence-electron chi connectivity index (χ1n) is 13.0.